The van der Waals surface area contributed by atoms with Gasteiger partial charge in [0.25, 0.3) is 0 Å². The first-order valence-electron chi connectivity index (χ1n) is 7.27. The van der Waals surface area contributed by atoms with Crippen molar-refractivity contribution in [2.75, 3.05) is 13.7 Å². The van der Waals surface area contributed by atoms with Gasteiger partial charge in [-0.3, -0.25) is 0 Å². The number of furan rings is 1. The minimum Gasteiger partial charge on any atom is -0.458 e. The lowest BCUT2D eigenvalue weighted by Crippen LogP contribution is -2.29. The maximum atomic E-state index is 13.7. The second-order valence-corrected chi connectivity index (χ2v) is 6.93. The van der Waals surface area contributed by atoms with Crippen LogP contribution in [0.4, 0.5) is 4.39 Å². The van der Waals surface area contributed by atoms with Crippen LogP contribution in [0, 0.1) is 5.82 Å². The monoisotopic (exact) mass is 349 g/mol. The molecule has 5 nitrogen and oxygen atoms in total. The fourth-order valence-electron chi connectivity index (χ4n) is 2.39. The lowest BCUT2D eigenvalue weighted by Gasteiger charge is -2.14. The number of halogens is 1. The molecule has 0 unspecified atom stereocenters. The van der Waals surface area contributed by atoms with Crippen molar-refractivity contribution in [2.45, 2.75) is 11.0 Å². The molecule has 2 aromatic carbocycles. The maximum absolute atomic E-state index is 13.7. The van der Waals surface area contributed by atoms with E-state index in [9.17, 15) is 12.8 Å². The summed E-state index contributed by atoms with van der Waals surface area (Å²) in [5.74, 6) is -0.308. The average molecular weight is 349 g/mol. The molecule has 3 aromatic rings. The highest BCUT2D eigenvalue weighted by atomic mass is 32.2. The number of hydrogen-bond acceptors (Lipinski definition) is 4. The number of methoxy groups -OCH3 is 1. The van der Waals surface area contributed by atoms with E-state index in [-0.39, 0.29) is 6.54 Å². The smallest absolute Gasteiger partial charge is 0.243 e. The van der Waals surface area contributed by atoms with Crippen LogP contribution >= 0.6 is 0 Å². The molecule has 0 spiro atoms. The third-order valence-electron chi connectivity index (χ3n) is 3.63. The van der Waals surface area contributed by atoms with Gasteiger partial charge in [0, 0.05) is 19.0 Å². The summed E-state index contributed by atoms with van der Waals surface area (Å²) in [4.78, 5) is -0.399. The number of ether oxygens (including phenoxy) is 1. The van der Waals surface area contributed by atoms with Crippen molar-refractivity contribution < 1.29 is 22.0 Å². The molecule has 1 atom stereocenters. The van der Waals surface area contributed by atoms with E-state index in [0.717, 1.165) is 11.5 Å². The molecular weight excluding hydrogens is 333 g/mol. The van der Waals surface area contributed by atoms with Crippen molar-refractivity contribution in [3.63, 3.8) is 0 Å². The zero-order valence-electron chi connectivity index (χ0n) is 12.9. The fraction of sp³-hybridized carbons (Fsp3) is 0.176. The summed E-state index contributed by atoms with van der Waals surface area (Å²) in [7, 11) is -2.53. The number of para-hydroxylation sites is 1. The Hall–Kier alpha value is -2.22. The first-order valence-corrected chi connectivity index (χ1v) is 8.75. The van der Waals surface area contributed by atoms with Gasteiger partial charge in [-0.1, -0.05) is 30.3 Å². The van der Waals surface area contributed by atoms with Gasteiger partial charge in [0.05, 0.1) is 0 Å². The maximum Gasteiger partial charge on any atom is 0.243 e. The molecule has 7 heteroatoms. The third kappa shape index (κ3) is 3.33. The Morgan fingerprint density at radius 1 is 1.17 bits per heavy atom. The second-order valence-electron chi connectivity index (χ2n) is 5.19. The summed E-state index contributed by atoms with van der Waals surface area (Å²) in [5, 5.41) is 0.895. The van der Waals surface area contributed by atoms with E-state index >= 15 is 0 Å². The van der Waals surface area contributed by atoms with Gasteiger partial charge in [-0.2, -0.15) is 0 Å². The van der Waals surface area contributed by atoms with Crippen LogP contribution < -0.4 is 4.72 Å². The van der Waals surface area contributed by atoms with Crippen LogP contribution in [-0.2, 0) is 14.8 Å². The van der Waals surface area contributed by atoms with Crippen molar-refractivity contribution in [2.24, 2.45) is 0 Å². The quantitative estimate of drug-likeness (QED) is 0.742. The summed E-state index contributed by atoms with van der Waals surface area (Å²) in [6.45, 7) is -0.0764. The molecule has 0 aliphatic carbocycles. The number of benzene rings is 2. The van der Waals surface area contributed by atoms with Crippen molar-refractivity contribution in [1.82, 2.24) is 4.72 Å². The van der Waals surface area contributed by atoms with Crippen LogP contribution in [0.2, 0.25) is 0 Å². The molecule has 0 fully saturated rings. The van der Waals surface area contributed by atoms with Crippen molar-refractivity contribution in [1.29, 1.82) is 0 Å². The molecule has 24 heavy (non-hydrogen) atoms. The van der Waals surface area contributed by atoms with Gasteiger partial charge in [-0.05, 0) is 24.3 Å². The van der Waals surface area contributed by atoms with Crippen LogP contribution in [-0.4, -0.2) is 22.1 Å². The van der Waals surface area contributed by atoms with Gasteiger partial charge in [-0.25, -0.2) is 17.5 Å². The number of fused-ring (bicyclic) bond motifs is 1. The molecule has 0 aliphatic rings. The summed E-state index contributed by atoms with van der Waals surface area (Å²) < 4.78 is 51.5. The van der Waals surface area contributed by atoms with E-state index in [1.807, 2.05) is 24.3 Å². The molecular formula is C17H16FNO4S. The van der Waals surface area contributed by atoms with Crippen LogP contribution in [0.15, 0.2) is 63.9 Å². The van der Waals surface area contributed by atoms with Gasteiger partial charge in [0.15, 0.2) is 0 Å². The minimum atomic E-state index is -3.98. The van der Waals surface area contributed by atoms with Gasteiger partial charge < -0.3 is 9.15 Å². The van der Waals surface area contributed by atoms with Crippen LogP contribution in [0.25, 0.3) is 11.0 Å². The van der Waals surface area contributed by atoms with E-state index in [2.05, 4.69) is 4.72 Å². The number of hydrogen-bond donors (Lipinski definition) is 1. The SMILES string of the molecule is CO[C@@H](CNS(=O)(=O)c1ccccc1F)c1cc2ccccc2o1. The predicted octanol–water partition coefficient (Wildman–Crippen LogP) is 3.24. The van der Waals surface area contributed by atoms with E-state index in [1.165, 1.54) is 25.3 Å². The molecule has 0 saturated carbocycles. The van der Waals surface area contributed by atoms with E-state index in [1.54, 1.807) is 6.07 Å². The Bertz CT molecular complexity index is 919. The molecule has 1 N–H and O–H groups in total. The first-order chi connectivity index (χ1) is 11.5. The van der Waals surface area contributed by atoms with Crippen molar-refractivity contribution in [3.05, 3.63) is 66.2 Å². The van der Waals surface area contributed by atoms with E-state index in [4.69, 9.17) is 9.15 Å². The second kappa shape index (κ2) is 6.72. The summed E-state index contributed by atoms with van der Waals surface area (Å²) in [5.41, 5.74) is 0.687. The number of rotatable bonds is 6. The molecule has 0 aliphatic heterocycles. The van der Waals surface area contributed by atoms with Gasteiger partial charge >= 0.3 is 0 Å². The first kappa shape index (κ1) is 16.6. The lowest BCUT2D eigenvalue weighted by molar-refractivity contribution is 0.0893. The Labute approximate surface area is 139 Å². The molecule has 0 bridgehead atoms. The molecule has 0 radical (unpaired) electrons. The number of nitrogens with one attached hydrogen (secondary N) is 1. The molecule has 1 heterocycles. The summed E-state index contributed by atoms with van der Waals surface area (Å²) in [6.07, 6.45) is -0.626. The van der Waals surface area contributed by atoms with Crippen LogP contribution in [0.3, 0.4) is 0 Å². The third-order valence-corrected chi connectivity index (χ3v) is 5.09. The van der Waals surface area contributed by atoms with Crippen LogP contribution in [0.5, 0.6) is 0 Å². The Kier molecular flexibility index (Phi) is 4.66. The van der Waals surface area contributed by atoms with Gasteiger partial charge in [-0.15, -0.1) is 0 Å². The average Bonchev–Trinajstić information content (AvgIpc) is 2.99. The molecule has 126 valence electrons. The predicted molar refractivity (Wildman–Crippen MR) is 87.6 cm³/mol. The Balaban J connectivity index is 1.80. The van der Waals surface area contributed by atoms with Gasteiger partial charge in [0.2, 0.25) is 10.0 Å². The standard InChI is InChI=1S/C17H16FNO4S/c1-22-16(15-10-12-6-2-4-8-14(12)23-15)11-19-24(20,21)17-9-5-3-7-13(17)18/h2-10,16,19H,11H2,1H3/t16-/m0/s1. The van der Waals surface area contributed by atoms with Gasteiger partial charge in [0.1, 0.15) is 28.2 Å². The molecule has 1 aromatic heterocycles. The normalized spacial score (nSPS) is 13.2. The highest BCUT2D eigenvalue weighted by Gasteiger charge is 2.22. The van der Waals surface area contributed by atoms with Crippen LogP contribution in [0.1, 0.15) is 11.9 Å². The zero-order chi connectivity index (χ0) is 17.2. The summed E-state index contributed by atoms with van der Waals surface area (Å²) >= 11 is 0. The lowest BCUT2D eigenvalue weighted by atomic mass is 10.2. The molecule has 0 saturated heterocycles. The fourth-order valence-corrected chi connectivity index (χ4v) is 3.50. The summed E-state index contributed by atoms with van der Waals surface area (Å²) in [6, 6.07) is 14.4. The Morgan fingerprint density at radius 3 is 2.58 bits per heavy atom. The Morgan fingerprint density at radius 2 is 1.88 bits per heavy atom. The zero-order valence-corrected chi connectivity index (χ0v) is 13.7. The largest absolute Gasteiger partial charge is 0.458 e. The highest BCUT2D eigenvalue weighted by molar-refractivity contribution is 7.89. The number of sulfonamides is 1. The van der Waals surface area contributed by atoms with E-state index < -0.39 is 26.8 Å². The van der Waals surface area contributed by atoms with Crippen molar-refractivity contribution >= 4 is 21.0 Å². The topological polar surface area (TPSA) is 68.5 Å². The van der Waals surface area contributed by atoms with E-state index in [0.29, 0.717) is 11.3 Å². The van der Waals surface area contributed by atoms with Crippen molar-refractivity contribution in [3.8, 4) is 0 Å². The highest BCUT2D eigenvalue weighted by Crippen LogP contribution is 2.25. The minimum absolute atomic E-state index is 0.0764. The molecule has 3 rings (SSSR count). The molecule has 0 amide bonds.